The Morgan fingerprint density at radius 3 is 2.05 bits per heavy atom. The van der Waals surface area contributed by atoms with Crippen LogP contribution in [0.2, 0.25) is 0 Å². The molecule has 1 aromatic heterocycles. The van der Waals surface area contributed by atoms with Crippen LogP contribution in [0.4, 0.5) is 5.69 Å². The van der Waals surface area contributed by atoms with Gasteiger partial charge in [-0.2, -0.15) is 0 Å². The van der Waals surface area contributed by atoms with Crippen molar-refractivity contribution in [2.75, 3.05) is 19.0 Å². The fraction of sp³-hybridized carbons (Fsp3) is 0.308. The van der Waals surface area contributed by atoms with E-state index < -0.39 is 0 Å². The molecule has 0 N–H and O–H groups in total. The van der Waals surface area contributed by atoms with E-state index in [1.54, 1.807) is 4.68 Å². The molecule has 21 heavy (non-hydrogen) atoms. The van der Waals surface area contributed by atoms with Crippen LogP contribution in [0, 0.1) is 17.0 Å². The Morgan fingerprint density at radius 1 is 1.19 bits per heavy atom. The summed E-state index contributed by atoms with van der Waals surface area (Å²) in [6, 6.07) is 9.66. The van der Waals surface area contributed by atoms with E-state index in [4.69, 9.17) is 10.1 Å². The Balaban J connectivity index is 0.000000922. The summed E-state index contributed by atoms with van der Waals surface area (Å²) in [6.07, 6.45) is 0. The molecule has 0 aliphatic heterocycles. The fourth-order valence-corrected chi connectivity index (χ4v) is 2.07. The van der Waals surface area contributed by atoms with Gasteiger partial charge in [0.05, 0.1) is 11.4 Å². The summed E-state index contributed by atoms with van der Waals surface area (Å²) >= 11 is 0. The first-order valence-electron chi connectivity index (χ1n) is 5.92. The minimum absolute atomic E-state index is 0. The Labute approximate surface area is 145 Å². The van der Waals surface area contributed by atoms with Crippen molar-refractivity contribution < 1.29 is 29.6 Å². The molecular formula is C13H17N4NaO3. The molecule has 0 bridgehead atoms. The second-order valence-corrected chi connectivity index (χ2v) is 4.38. The van der Waals surface area contributed by atoms with Gasteiger partial charge in [0.15, 0.2) is 0 Å². The first-order chi connectivity index (χ1) is 9.45. The van der Waals surface area contributed by atoms with Gasteiger partial charge in [0, 0.05) is 21.1 Å². The summed E-state index contributed by atoms with van der Waals surface area (Å²) in [5.74, 6) is 0. The topological polar surface area (TPSA) is 82.7 Å². The Morgan fingerprint density at radius 2 is 1.67 bits per heavy atom. The van der Waals surface area contributed by atoms with E-state index >= 15 is 0 Å². The molecule has 2 rings (SSSR count). The Hall–Kier alpha value is -1.57. The fourth-order valence-electron chi connectivity index (χ4n) is 2.07. The van der Waals surface area contributed by atoms with Crippen LogP contribution in [0.25, 0.3) is 5.69 Å². The summed E-state index contributed by atoms with van der Waals surface area (Å²) in [4.78, 5) is 22.2. The number of aromatic nitrogens is 2. The maximum Gasteiger partial charge on any atom is 1.00 e. The molecule has 1 aromatic carbocycles. The average molecular weight is 300 g/mol. The zero-order chi connectivity index (χ0) is 15.3. The van der Waals surface area contributed by atoms with Gasteiger partial charge in [0.1, 0.15) is 5.69 Å². The summed E-state index contributed by atoms with van der Waals surface area (Å²) in [5.41, 5.74) is 2.60. The minimum Gasteiger partial charge on any atom is -0.444 e. The van der Waals surface area contributed by atoms with Crippen molar-refractivity contribution in [2.24, 2.45) is 12.4 Å². The minimum atomic E-state index is 0. The third kappa shape index (κ3) is 4.20. The molecule has 0 radical (unpaired) electrons. The molecule has 0 saturated heterocycles. The molecule has 7 nitrogen and oxygen atoms in total. The molecule has 0 amide bonds. The first kappa shape index (κ1) is 19.4. The summed E-state index contributed by atoms with van der Waals surface area (Å²) in [7, 11) is 5.68. The van der Waals surface area contributed by atoms with Crippen molar-refractivity contribution in [3.63, 3.8) is 0 Å². The van der Waals surface area contributed by atoms with Gasteiger partial charge in [0.2, 0.25) is 0 Å². The third-order valence-electron chi connectivity index (χ3n) is 2.97. The van der Waals surface area contributed by atoms with E-state index in [2.05, 4.69) is 0 Å². The molecule has 2 aromatic rings. The Bertz CT molecular complexity index is 635. The van der Waals surface area contributed by atoms with Crippen molar-refractivity contribution in [1.29, 1.82) is 0 Å². The molecule has 0 spiro atoms. The van der Waals surface area contributed by atoms with E-state index in [9.17, 15) is 4.79 Å². The second kappa shape index (κ2) is 8.66. The standard InChI is InChI=1S/C13H17N3O.HNO2.Na/c1-10-12(14(2)3)13(17)16(15(10)4)11-8-6-5-7-9-11;2-1-3;/h5-9H,1-4H3;(H,2,3);/q;;+1/p-1. The van der Waals surface area contributed by atoms with Crippen LogP contribution in [0.1, 0.15) is 5.69 Å². The SMILES string of the molecule is Cc1c(N(C)C)c(=O)n(-c2ccccc2)n1C.O=N[O-].[Na+]. The zero-order valence-corrected chi connectivity index (χ0v) is 14.9. The quantitative estimate of drug-likeness (QED) is 0.396. The number of rotatable bonds is 2. The van der Waals surface area contributed by atoms with Crippen LogP contribution in [0.5, 0.6) is 0 Å². The van der Waals surface area contributed by atoms with Crippen LogP contribution >= 0.6 is 0 Å². The van der Waals surface area contributed by atoms with Gasteiger partial charge in [0.25, 0.3) is 5.56 Å². The summed E-state index contributed by atoms with van der Waals surface area (Å²) < 4.78 is 3.57. The molecular weight excluding hydrogens is 283 g/mol. The molecule has 0 fully saturated rings. The molecule has 0 atom stereocenters. The number of anilines is 1. The van der Waals surface area contributed by atoms with E-state index in [0.29, 0.717) is 0 Å². The molecule has 0 saturated carbocycles. The molecule has 108 valence electrons. The first-order valence-corrected chi connectivity index (χ1v) is 5.92. The number of benzene rings is 1. The average Bonchev–Trinajstić information content (AvgIpc) is 2.62. The van der Waals surface area contributed by atoms with Gasteiger partial charge in [-0.1, -0.05) is 18.2 Å². The maximum atomic E-state index is 12.4. The zero-order valence-electron chi connectivity index (χ0n) is 12.9. The molecule has 0 unspecified atom stereocenters. The monoisotopic (exact) mass is 300 g/mol. The normalized spacial score (nSPS) is 9.14. The van der Waals surface area contributed by atoms with Crippen LogP contribution in [0.3, 0.4) is 0 Å². The number of hydrogen-bond acceptors (Lipinski definition) is 5. The van der Waals surface area contributed by atoms with E-state index in [-0.39, 0.29) is 35.1 Å². The largest absolute Gasteiger partial charge is 1.00 e. The van der Waals surface area contributed by atoms with Gasteiger partial charge in [-0.25, -0.2) is 4.68 Å². The van der Waals surface area contributed by atoms with E-state index in [1.165, 1.54) is 0 Å². The molecule has 0 aliphatic carbocycles. The predicted octanol–water partition coefficient (Wildman–Crippen LogP) is -1.19. The number of hydrogen-bond donors (Lipinski definition) is 0. The van der Waals surface area contributed by atoms with Crippen molar-refractivity contribution >= 4 is 5.69 Å². The molecule has 0 aliphatic rings. The van der Waals surface area contributed by atoms with Gasteiger partial charge >= 0.3 is 29.6 Å². The third-order valence-corrected chi connectivity index (χ3v) is 2.97. The predicted molar refractivity (Wildman–Crippen MR) is 79.2 cm³/mol. The van der Waals surface area contributed by atoms with Crippen molar-refractivity contribution in [2.45, 2.75) is 6.92 Å². The van der Waals surface area contributed by atoms with Gasteiger partial charge in [-0.15, -0.1) is 5.34 Å². The van der Waals surface area contributed by atoms with Crippen LogP contribution in [0.15, 0.2) is 40.5 Å². The number of para-hydroxylation sites is 1. The summed E-state index contributed by atoms with van der Waals surface area (Å²) in [5, 5.41) is 9.00. The van der Waals surface area contributed by atoms with Crippen LogP contribution in [-0.2, 0) is 7.05 Å². The molecule has 1 heterocycles. The number of nitrogens with zero attached hydrogens (tertiary/aromatic N) is 4. The van der Waals surface area contributed by atoms with Crippen LogP contribution in [-0.4, -0.2) is 23.5 Å². The van der Waals surface area contributed by atoms with Gasteiger partial charge < -0.3 is 15.0 Å². The summed E-state index contributed by atoms with van der Waals surface area (Å²) in [6.45, 7) is 1.95. The second-order valence-electron chi connectivity index (χ2n) is 4.38. The van der Waals surface area contributed by atoms with Crippen molar-refractivity contribution in [3.05, 3.63) is 56.5 Å². The Kier molecular flexibility index (Phi) is 8.01. The van der Waals surface area contributed by atoms with Crippen LogP contribution < -0.4 is 40.0 Å². The van der Waals surface area contributed by atoms with Crippen molar-refractivity contribution in [1.82, 2.24) is 9.36 Å². The molecule has 8 heteroatoms. The van der Waals surface area contributed by atoms with E-state index in [0.717, 1.165) is 22.4 Å². The van der Waals surface area contributed by atoms with Gasteiger partial charge in [-0.3, -0.25) is 9.48 Å². The smallest absolute Gasteiger partial charge is 0.444 e. The maximum absolute atomic E-state index is 12.4. The van der Waals surface area contributed by atoms with Gasteiger partial charge in [-0.05, 0) is 19.1 Å². The van der Waals surface area contributed by atoms with Crippen molar-refractivity contribution in [3.8, 4) is 5.69 Å². The van der Waals surface area contributed by atoms with E-state index in [1.807, 2.05) is 68.0 Å².